The van der Waals surface area contributed by atoms with Crippen molar-refractivity contribution in [3.63, 3.8) is 0 Å². The number of hydrogen-bond acceptors (Lipinski definition) is 1. The Morgan fingerprint density at radius 2 is 1.80 bits per heavy atom. The normalized spacial score (nSPS) is 13.2. The quantitative estimate of drug-likeness (QED) is 0.835. The first-order chi connectivity index (χ1) is 7.00. The van der Waals surface area contributed by atoms with Gasteiger partial charge in [0.25, 0.3) is 0 Å². The van der Waals surface area contributed by atoms with E-state index in [0.29, 0.717) is 22.0 Å². The van der Waals surface area contributed by atoms with Crippen LogP contribution in [-0.4, -0.2) is 6.54 Å². The third-order valence-electron chi connectivity index (χ3n) is 2.28. The minimum Gasteiger partial charge on any atom is -0.310 e. The highest BCUT2D eigenvalue weighted by Gasteiger charge is 2.07. The average molecular weight is 246 g/mol. The Hall–Kier alpha value is -0.240. The van der Waals surface area contributed by atoms with Gasteiger partial charge in [-0.05, 0) is 37.1 Å². The first-order valence-electron chi connectivity index (χ1n) is 5.19. The Morgan fingerprint density at radius 3 is 2.33 bits per heavy atom. The molecule has 0 heterocycles. The van der Waals surface area contributed by atoms with Gasteiger partial charge in [-0.3, -0.25) is 0 Å². The summed E-state index contributed by atoms with van der Waals surface area (Å²) >= 11 is 11.8. The lowest BCUT2D eigenvalue weighted by atomic mass is 10.1. The summed E-state index contributed by atoms with van der Waals surface area (Å²) in [6, 6.07) is 6.07. The van der Waals surface area contributed by atoms with Crippen LogP contribution in [0, 0.1) is 5.92 Å². The molecule has 0 aromatic heterocycles. The van der Waals surface area contributed by atoms with E-state index in [1.807, 2.05) is 18.2 Å². The van der Waals surface area contributed by atoms with Gasteiger partial charge >= 0.3 is 0 Å². The highest BCUT2D eigenvalue weighted by Crippen LogP contribution is 2.25. The van der Waals surface area contributed by atoms with Crippen molar-refractivity contribution in [3.8, 4) is 0 Å². The molecule has 0 aliphatic carbocycles. The molecule has 3 heteroatoms. The molecule has 0 spiro atoms. The van der Waals surface area contributed by atoms with Gasteiger partial charge in [0.05, 0.1) is 10.0 Å². The van der Waals surface area contributed by atoms with Crippen LogP contribution in [0.15, 0.2) is 18.2 Å². The summed E-state index contributed by atoms with van der Waals surface area (Å²) < 4.78 is 0. The van der Waals surface area contributed by atoms with Crippen LogP contribution in [0.3, 0.4) is 0 Å². The summed E-state index contributed by atoms with van der Waals surface area (Å²) in [4.78, 5) is 0. The number of hydrogen-bond donors (Lipinski definition) is 1. The fraction of sp³-hybridized carbons (Fsp3) is 0.500. The minimum absolute atomic E-state index is 0.308. The van der Waals surface area contributed by atoms with E-state index in [0.717, 1.165) is 6.54 Å². The molecule has 1 rings (SSSR count). The van der Waals surface area contributed by atoms with E-state index in [2.05, 4.69) is 26.1 Å². The number of benzene rings is 1. The second-order valence-corrected chi connectivity index (χ2v) is 5.01. The summed E-state index contributed by atoms with van der Waals surface area (Å²) in [7, 11) is 0. The molecule has 1 unspecified atom stereocenters. The van der Waals surface area contributed by atoms with Crippen LogP contribution < -0.4 is 5.32 Å². The van der Waals surface area contributed by atoms with E-state index in [1.54, 1.807) is 0 Å². The second kappa shape index (κ2) is 5.74. The monoisotopic (exact) mass is 245 g/mol. The van der Waals surface area contributed by atoms with E-state index >= 15 is 0 Å². The van der Waals surface area contributed by atoms with Gasteiger partial charge in [-0.15, -0.1) is 0 Å². The summed E-state index contributed by atoms with van der Waals surface area (Å²) in [5.41, 5.74) is 1.17. The smallest absolute Gasteiger partial charge is 0.0595 e. The molecule has 0 fully saturated rings. The maximum atomic E-state index is 5.96. The molecular formula is C12H17Cl2N. The van der Waals surface area contributed by atoms with E-state index in [-0.39, 0.29) is 0 Å². The lowest BCUT2D eigenvalue weighted by Gasteiger charge is -2.16. The third-order valence-corrected chi connectivity index (χ3v) is 3.01. The molecule has 0 bridgehead atoms. The SMILES string of the molecule is CC(C)CNC(C)c1ccc(Cl)c(Cl)c1. The molecule has 1 nitrogen and oxygen atoms in total. The van der Waals surface area contributed by atoms with Crippen LogP contribution >= 0.6 is 23.2 Å². The summed E-state index contributed by atoms with van der Waals surface area (Å²) in [6.07, 6.45) is 0. The third kappa shape index (κ3) is 4.02. The van der Waals surface area contributed by atoms with Crippen LogP contribution in [0.1, 0.15) is 32.4 Å². The standard InChI is InChI=1S/C12H17Cl2N/c1-8(2)7-15-9(3)10-4-5-11(13)12(14)6-10/h4-6,8-9,15H,7H2,1-3H3. The molecule has 15 heavy (non-hydrogen) atoms. The van der Waals surface area contributed by atoms with E-state index in [4.69, 9.17) is 23.2 Å². The highest BCUT2D eigenvalue weighted by atomic mass is 35.5. The highest BCUT2D eigenvalue weighted by molar-refractivity contribution is 6.42. The van der Waals surface area contributed by atoms with Gasteiger partial charge in [-0.1, -0.05) is 43.1 Å². The van der Waals surface area contributed by atoms with Gasteiger partial charge < -0.3 is 5.32 Å². The summed E-state index contributed by atoms with van der Waals surface area (Å²) in [5, 5.41) is 4.67. The predicted octanol–water partition coefficient (Wildman–Crippen LogP) is 4.30. The topological polar surface area (TPSA) is 12.0 Å². The van der Waals surface area contributed by atoms with Crippen molar-refractivity contribution in [2.24, 2.45) is 5.92 Å². The molecule has 0 saturated heterocycles. The van der Waals surface area contributed by atoms with Crippen molar-refractivity contribution >= 4 is 23.2 Å². The Kier molecular flexibility index (Phi) is 4.91. The van der Waals surface area contributed by atoms with Crippen LogP contribution in [0.2, 0.25) is 10.0 Å². The lowest BCUT2D eigenvalue weighted by Crippen LogP contribution is -2.23. The molecule has 0 aliphatic heterocycles. The van der Waals surface area contributed by atoms with Crippen molar-refractivity contribution in [2.45, 2.75) is 26.8 Å². The zero-order valence-corrected chi connectivity index (χ0v) is 10.9. The molecule has 0 amide bonds. The maximum absolute atomic E-state index is 5.96. The molecule has 1 atom stereocenters. The number of halogens is 2. The van der Waals surface area contributed by atoms with Crippen molar-refractivity contribution in [1.29, 1.82) is 0 Å². The molecular weight excluding hydrogens is 229 g/mol. The Morgan fingerprint density at radius 1 is 1.13 bits per heavy atom. The molecule has 84 valence electrons. The fourth-order valence-electron chi connectivity index (χ4n) is 1.31. The predicted molar refractivity (Wildman–Crippen MR) is 67.7 cm³/mol. The minimum atomic E-state index is 0.308. The molecule has 0 aliphatic rings. The molecule has 0 saturated carbocycles. The van der Waals surface area contributed by atoms with Crippen LogP contribution in [0.5, 0.6) is 0 Å². The molecule has 1 N–H and O–H groups in total. The van der Waals surface area contributed by atoms with Crippen molar-refractivity contribution in [3.05, 3.63) is 33.8 Å². The van der Waals surface area contributed by atoms with Crippen LogP contribution in [-0.2, 0) is 0 Å². The zero-order chi connectivity index (χ0) is 11.4. The number of rotatable bonds is 4. The van der Waals surface area contributed by atoms with E-state index in [1.165, 1.54) is 5.56 Å². The van der Waals surface area contributed by atoms with Crippen molar-refractivity contribution in [2.75, 3.05) is 6.54 Å². The average Bonchev–Trinajstić information content (AvgIpc) is 2.18. The fourth-order valence-corrected chi connectivity index (χ4v) is 1.62. The molecule has 0 radical (unpaired) electrons. The zero-order valence-electron chi connectivity index (χ0n) is 9.35. The van der Waals surface area contributed by atoms with Gasteiger partial charge in [-0.25, -0.2) is 0 Å². The van der Waals surface area contributed by atoms with Gasteiger partial charge in [0.15, 0.2) is 0 Å². The first kappa shape index (κ1) is 12.8. The lowest BCUT2D eigenvalue weighted by molar-refractivity contribution is 0.496. The van der Waals surface area contributed by atoms with Gasteiger partial charge in [0.1, 0.15) is 0 Å². The van der Waals surface area contributed by atoms with Crippen LogP contribution in [0.4, 0.5) is 0 Å². The molecule has 1 aromatic rings. The van der Waals surface area contributed by atoms with Gasteiger partial charge in [0, 0.05) is 6.04 Å². The Bertz CT molecular complexity index is 323. The first-order valence-corrected chi connectivity index (χ1v) is 5.94. The van der Waals surface area contributed by atoms with E-state index < -0.39 is 0 Å². The Balaban J connectivity index is 2.65. The summed E-state index contributed by atoms with van der Waals surface area (Å²) in [5.74, 6) is 0.648. The summed E-state index contributed by atoms with van der Waals surface area (Å²) in [6.45, 7) is 7.51. The molecule has 1 aromatic carbocycles. The van der Waals surface area contributed by atoms with Gasteiger partial charge in [0.2, 0.25) is 0 Å². The van der Waals surface area contributed by atoms with Gasteiger partial charge in [-0.2, -0.15) is 0 Å². The van der Waals surface area contributed by atoms with Crippen LogP contribution in [0.25, 0.3) is 0 Å². The number of nitrogens with one attached hydrogen (secondary N) is 1. The van der Waals surface area contributed by atoms with Crippen molar-refractivity contribution in [1.82, 2.24) is 5.32 Å². The largest absolute Gasteiger partial charge is 0.310 e. The second-order valence-electron chi connectivity index (χ2n) is 4.20. The van der Waals surface area contributed by atoms with Crippen molar-refractivity contribution < 1.29 is 0 Å². The van der Waals surface area contributed by atoms with E-state index in [9.17, 15) is 0 Å². The maximum Gasteiger partial charge on any atom is 0.0595 e. The Labute approximate surface area is 102 Å².